The molecule has 1 saturated heterocycles. The van der Waals surface area contributed by atoms with Gasteiger partial charge in [-0.15, -0.1) is 0 Å². The van der Waals surface area contributed by atoms with E-state index in [0.29, 0.717) is 31.6 Å². The summed E-state index contributed by atoms with van der Waals surface area (Å²) in [4.78, 5) is 29.0. The molecule has 0 aliphatic carbocycles. The van der Waals surface area contributed by atoms with Crippen LogP contribution in [0.2, 0.25) is 0 Å². The molecular formula is C17H18N4O4. The van der Waals surface area contributed by atoms with E-state index in [9.17, 15) is 20.0 Å². The van der Waals surface area contributed by atoms with Crippen LogP contribution in [0.4, 0.5) is 17.2 Å². The number of para-hydroxylation sites is 2. The minimum absolute atomic E-state index is 0.0730. The first kappa shape index (κ1) is 16.7. The number of carbonyl (C=O) groups is 1. The quantitative estimate of drug-likeness (QED) is 0.653. The van der Waals surface area contributed by atoms with Gasteiger partial charge in [-0.1, -0.05) is 12.1 Å². The van der Waals surface area contributed by atoms with Gasteiger partial charge in [0.05, 0.1) is 4.92 Å². The van der Waals surface area contributed by atoms with E-state index in [-0.39, 0.29) is 29.1 Å². The van der Waals surface area contributed by atoms with Gasteiger partial charge in [-0.05, 0) is 31.0 Å². The Balaban J connectivity index is 1.63. The molecule has 0 saturated carbocycles. The normalized spacial score (nSPS) is 15.0. The van der Waals surface area contributed by atoms with Gasteiger partial charge in [0.25, 0.3) is 5.69 Å². The van der Waals surface area contributed by atoms with Crippen molar-refractivity contribution in [2.75, 3.05) is 23.3 Å². The molecular weight excluding hydrogens is 324 g/mol. The van der Waals surface area contributed by atoms with E-state index in [0.717, 1.165) is 0 Å². The number of aromatic nitrogens is 1. The minimum Gasteiger partial charge on any atom is -0.504 e. The number of nitrogens with zero attached hydrogens (tertiary/aromatic N) is 3. The zero-order valence-electron chi connectivity index (χ0n) is 13.5. The van der Waals surface area contributed by atoms with Gasteiger partial charge in [-0.3, -0.25) is 14.9 Å². The number of amides is 1. The molecule has 1 aromatic heterocycles. The maximum Gasteiger partial charge on any atom is 0.292 e. The molecule has 0 bridgehead atoms. The number of hydrogen-bond acceptors (Lipinski definition) is 6. The Kier molecular flexibility index (Phi) is 4.78. The van der Waals surface area contributed by atoms with Crippen molar-refractivity contribution < 1.29 is 14.8 Å². The maximum absolute atomic E-state index is 12.3. The number of nitro groups is 1. The van der Waals surface area contributed by atoms with E-state index in [1.807, 2.05) is 4.90 Å². The number of carbonyl (C=O) groups excluding carboxylic acids is 1. The minimum atomic E-state index is -0.391. The van der Waals surface area contributed by atoms with Gasteiger partial charge in [-0.2, -0.15) is 0 Å². The lowest BCUT2D eigenvalue weighted by Gasteiger charge is -2.32. The van der Waals surface area contributed by atoms with Crippen molar-refractivity contribution in [3.8, 4) is 5.75 Å². The number of anilines is 2. The highest BCUT2D eigenvalue weighted by Crippen LogP contribution is 2.31. The first-order valence-electron chi connectivity index (χ1n) is 7.99. The number of nitrogens with one attached hydrogen (secondary N) is 1. The van der Waals surface area contributed by atoms with E-state index < -0.39 is 4.92 Å². The summed E-state index contributed by atoms with van der Waals surface area (Å²) in [6.07, 6.45) is 2.64. The zero-order chi connectivity index (χ0) is 17.8. The SMILES string of the molecule is O=C(Nc1ncccc1O)C1CCN(c2ccccc2[N+](=O)[O-])CC1. The third kappa shape index (κ3) is 3.68. The summed E-state index contributed by atoms with van der Waals surface area (Å²) in [6.45, 7) is 1.11. The van der Waals surface area contributed by atoms with Gasteiger partial charge in [0, 0.05) is 31.3 Å². The molecule has 0 atom stereocenters. The smallest absolute Gasteiger partial charge is 0.292 e. The molecule has 0 unspecified atom stereocenters. The number of nitro benzene ring substituents is 1. The van der Waals surface area contributed by atoms with Crippen molar-refractivity contribution in [3.05, 3.63) is 52.7 Å². The summed E-state index contributed by atoms with van der Waals surface area (Å²) >= 11 is 0. The summed E-state index contributed by atoms with van der Waals surface area (Å²) in [6, 6.07) is 9.66. The van der Waals surface area contributed by atoms with E-state index >= 15 is 0 Å². The van der Waals surface area contributed by atoms with Gasteiger partial charge in [0.2, 0.25) is 5.91 Å². The van der Waals surface area contributed by atoms with Crippen molar-refractivity contribution in [1.29, 1.82) is 0 Å². The highest BCUT2D eigenvalue weighted by Gasteiger charge is 2.28. The lowest BCUT2D eigenvalue weighted by atomic mass is 9.95. The summed E-state index contributed by atoms with van der Waals surface area (Å²) in [5.74, 6) is -0.349. The van der Waals surface area contributed by atoms with Crippen LogP contribution in [0, 0.1) is 16.0 Å². The predicted octanol–water partition coefficient (Wildman–Crippen LogP) is 2.55. The lowest BCUT2D eigenvalue weighted by molar-refractivity contribution is -0.384. The third-order valence-electron chi connectivity index (χ3n) is 4.31. The fraction of sp³-hybridized carbons (Fsp3) is 0.294. The molecule has 8 heteroatoms. The second-order valence-electron chi connectivity index (χ2n) is 5.87. The van der Waals surface area contributed by atoms with Crippen LogP contribution in [0.25, 0.3) is 0 Å². The van der Waals surface area contributed by atoms with Crippen molar-refractivity contribution >= 4 is 23.1 Å². The summed E-state index contributed by atoms with van der Waals surface area (Å²) in [7, 11) is 0. The standard InChI is InChI=1S/C17H18N4O4/c22-15-6-3-9-18-16(15)19-17(23)12-7-10-20(11-8-12)13-4-1-2-5-14(13)21(24)25/h1-6,9,12,22H,7-8,10-11H2,(H,18,19,23). The van der Waals surface area contributed by atoms with Crippen LogP contribution in [0.5, 0.6) is 5.75 Å². The Morgan fingerprint density at radius 3 is 2.64 bits per heavy atom. The fourth-order valence-electron chi connectivity index (χ4n) is 2.98. The largest absolute Gasteiger partial charge is 0.504 e. The van der Waals surface area contributed by atoms with Crippen LogP contribution in [0.15, 0.2) is 42.6 Å². The van der Waals surface area contributed by atoms with Crippen LogP contribution < -0.4 is 10.2 Å². The van der Waals surface area contributed by atoms with E-state index in [1.165, 1.54) is 18.3 Å². The number of rotatable bonds is 4. The van der Waals surface area contributed by atoms with E-state index in [2.05, 4.69) is 10.3 Å². The van der Waals surface area contributed by atoms with Crippen molar-refractivity contribution in [2.24, 2.45) is 5.92 Å². The second kappa shape index (κ2) is 7.16. The molecule has 8 nitrogen and oxygen atoms in total. The Morgan fingerprint density at radius 2 is 1.96 bits per heavy atom. The van der Waals surface area contributed by atoms with Crippen LogP contribution >= 0.6 is 0 Å². The van der Waals surface area contributed by atoms with Crippen molar-refractivity contribution in [1.82, 2.24) is 4.98 Å². The first-order chi connectivity index (χ1) is 12.1. The average molecular weight is 342 g/mol. The molecule has 25 heavy (non-hydrogen) atoms. The molecule has 2 heterocycles. The van der Waals surface area contributed by atoms with Gasteiger partial charge < -0.3 is 15.3 Å². The number of benzene rings is 1. The summed E-state index contributed by atoms with van der Waals surface area (Å²) < 4.78 is 0. The molecule has 1 amide bonds. The van der Waals surface area contributed by atoms with Crippen LogP contribution in [-0.2, 0) is 4.79 Å². The molecule has 1 aromatic carbocycles. The topological polar surface area (TPSA) is 109 Å². The molecule has 1 fully saturated rings. The maximum atomic E-state index is 12.3. The van der Waals surface area contributed by atoms with Crippen LogP contribution in [-0.4, -0.2) is 34.0 Å². The monoisotopic (exact) mass is 342 g/mol. The highest BCUT2D eigenvalue weighted by molar-refractivity contribution is 5.93. The molecule has 0 radical (unpaired) electrons. The Bertz CT molecular complexity index is 788. The molecule has 130 valence electrons. The highest BCUT2D eigenvalue weighted by atomic mass is 16.6. The molecule has 1 aliphatic rings. The summed E-state index contributed by atoms with van der Waals surface area (Å²) in [5.41, 5.74) is 0.650. The van der Waals surface area contributed by atoms with Gasteiger partial charge >= 0.3 is 0 Å². The number of aromatic hydroxyl groups is 1. The molecule has 2 N–H and O–H groups in total. The second-order valence-corrected chi connectivity index (χ2v) is 5.87. The fourth-order valence-corrected chi connectivity index (χ4v) is 2.98. The number of piperidine rings is 1. The van der Waals surface area contributed by atoms with E-state index in [1.54, 1.807) is 24.3 Å². The predicted molar refractivity (Wildman–Crippen MR) is 92.6 cm³/mol. The third-order valence-corrected chi connectivity index (χ3v) is 4.31. The zero-order valence-corrected chi connectivity index (χ0v) is 13.5. The molecule has 1 aliphatic heterocycles. The Labute approximate surface area is 144 Å². The van der Waals surface area contributed by atoms with Crippen molar-refractivity contribution in [3.63, 3.8) is 0 Å². The molecule has 3 rings (SSSR count). The molecule has 2 aromatic rings. The average Bonchev–Trinajstić information content (AvgIpc) is 2.63. The van der Waals surface area contributed by atoms with Crippen LogP contribution in [0.3, 0.4) is 0 Å². The Hall–Kier alpha value is -3.16. The number of pyridine rings is 1. The van der Waals surface area contributed by atoms with E-state index in [4.69, 9.17) is 0 Å². The Morgan fingerprint density at radius 1 is 1.24 bits per heavy atom. The van der Waals surface area contributed by atoms with Crippen LogP contribution in [0.1, 0.15) is 12.8 Å². The summed E-state index contributed by atoms with van der Waals surface area (Å²) in [5, 5.41) is 23.5. The molecule has 0 spiro atoms. The number of hydrogen-bond donors (Lipinski definition) is 2. The van der Waals surface area contributed by atoms with Gasteiger partial charge in [-0.25, -0.2) is 4.98 Å². The first-order valence-corrected chi connectivity index (χ1v) is 7.99. The van der Waals surface area contributed by atoms with Crippen molar-refractivity contribution in [2.45, 2.75) is 12.8 Å². The van der Waals surface area contributed by atoms with Gasteiger partial charge in [0.1, 0.15) is 5.69 Å². The lowest BCUT2D eigenvalue weighted by Crippen LogP contribution is -2.38. The van der Waals surface area contributed by atoms with Gasteiger partial charge in [0.15, 0.2) is 11.6 Å².